The molecule has 2 N–H and O–H groups in total. The highest BCUT2D eigenvalue weighted by molar-refractivity contribution is 5.84. The summed E-state index contributed by atoms with van der Waals surface area (Å²) >= 11 is 0. The highest BCUT2D eigenvalue weighted by Gasteiger charge is 2.17. The summed E-state index contributed by atoms with van der Waals surface area (Å²) in [6, 6.07) is -0.934. The van der Waals surface area contributed by atoms with E-state index in [9.17, 15) is 9.59 Å². The predicted octanol–water partition coefficient (Wildman–Crippen LogP) is 0.522. The third-order valence-corrected chi connectivity index (χ3v) is 1.60. The first-order valence-corrected chi connectivity index (χ1v) is 4.03. The van der Waals surface area contributed by atoms with Gasteiger partial charge in [0.05, 0.1) is 0 Å². The molecule has 0 aliphatic heterocycles. The van der Waals surface area contributed by atoms with Gasteiger partial charge in [-0.25, -0.2) is 0 Å². The Morgan fingerprint density at radius 1 is 1.57 bits per heavy atom. The van der Waals surface area contributed by atoms with Crippen molar-refractivity contribution in [3.63, 3.8) is 0 Å². The minimum Gasteiger partial charge on any atom is -0.480 e. The van der Waals surface area contributed by atoms with E-state index in [2.05, 4.69) is 15.3 Å². The van der Waals surface area contributed by atoms with Crippen LogP contribution in [0.15, 0.2) is 5.11 Å². The Morgan fingerprint density at radius 3 is 2.57 bits per heavy atom. The van der Waals surface area contributed by atoms with Crippen LogP contribution in [-0.4, -0.2) is 29.6 Å². The minimum atomic E-state index is -1.10. The van der Waals surface area contributed by atoms with Crippen LogP contribution in [0.1, 0.15) is 13.8 Å². The molecule has 1 amide bonds. The van der Waals surface area contributed by atoms with Crippen LogP contribution in [0.5, 0.6) is 0 Å². The van der Waals surface area contributed by atoms with Crippen LogP contribution in [-0.2, 0) is 9.59 Å². The molecule has 0 unspecified atom stereocenters. The molecule has 0 aliphatic carbocycles. The molecule has 14 heavy (non-hydrogen) atoms. The number of amides is 1. The minimum absolute atomic E-state index is 0.0225. The monoisotopic (exact) mass is 200 g/mol. The molecule has 0 aromatic rings. The fraction of sp³-hybridized carbons (Fsp3) is 0.714. The summed E-state index contributed by atoms with van der Waals surface area (Å²) in [5.41, 5.74) is 8.00. The number of nitrogens with zero attached hydrogens (tertiary/aromatic N) is 3. The van der Waals surface area contributed by atoms with Gasteiger partial charge in [0.25, 0.3) is 0 Å². The summed E-state index contributed by atoms with van der Waals surface area (Å²) in [6.07, 6.45) is 0. The number of rotatable bonds is 5. The summed E-state index contributed by atoms with van der Waals surface area (Å²) in [5.74, 6) is -2.06. The molecule has 0 radical (unpaired) electrons. The molecule has 0 saturated carbocycles. The average Bonchev–Trinajstić information content (AvgIpc) is 2.13. The van der Waals surface area contributed by atoms with E-state index in [1.807, 2.05) is 0 Å². The maximum absolute atomic E-state index is 11.2. The van der Waals surface area contributed by atoms with E-state index < -0.39 is 23.8 Å². The molecule has 0 aromatic heterocycles. The van der Waals surface area contributed by atoms with Gasteiger partial charge in [0.15, 0.2) is 0 Å². The first-order valence-electron chi connectivity index (χ1n) is 4.03. The molecule has 0 spiro atoms. The van der Waals surface area contributed by atoms with Gasteiger partial charge < -0.3 is 10.4 Å². The molecule has 0 rings (SSSR count). The maximum atomic E-state index is 11.2. The van der Waals surface area contributed by atoms with Crippen LogP contribution in [0.2, 0.25) is 0 Å². The van der Waals surface area contributed by atoms with Crippen molar-refractivity contribution in [2.24, 2.45) is 11.0 Å². The summed E-state index contributed by atoms with van der Waals surface area (Å²) < 4.78 is 0. The zero-order chi connectivity index (χ0) is 11.1. The number of aliphatic carboxylic acids is 1. The fourth-order valence-corrected chi connectivity index (χ4v) is 0.659. The Labute approximate surface area is 80.7 Å². The number of carboxylic acid groups (broad SMARTS) is 1. The maximum Gasteiger partial charge on any atom is 0.325 e. The predicted molar refractivity (Wildman–Crippen MR) is 48.4 cm³/mol. The lowest BCUT2D eigenvalue weighted by Gasteiger charge is -2.12. The van der Waals surface area contributed by atoms with Crippen LogP contribution in [0.3, 0.4) is 0 Å². The molecule has 7 nitrogen and oxygen atoms in total. The van der Waals surface area contributed by atoms with Crippen molar-refractivity contribution in [3.8, 4) is 0 Å². The smallest absolute Gasteiger partial charge is 0.325 e. The van der Waals surface area contributed by atoms with Gasteiger partial charge in [0.1, 0.15) is 6.04 Å². The fourth-order valence-electron chi connectivity index (χ4n) is 0.659. The Morgan fingerprint density at radius 2 is 2.14 bits per heavy atom. The third kappa shape index (κ3) is 4.32. The quantitative estimate of drug-likeness (QED) is 0.383. The number of hydrogen-bond acceptors (Lipinski definition) is 3. The second-order valence-corrected chi connectivity index (χ2v) is 2.88. The van der Waals surface area contributed by atoms with Crippen molar-refractivity contribution >= 4 is 11.9 Å². The van der Waals surface area contributed by atoms with E-state index in [1.165, 1.54) is 6.92 Å². The number of carbonyl (C=O) groups excluding carboxylic acids is 1. The lowest BCUT2D eigenvalue weighted by Crippen LogP contribution is -2.41. The van der Waals surface area contributed by atoms with Crippen molar-refractivity contribution in [2.75, 3.05) is 6.54 Å². The Hall–Kier alpha value is -1.75. The summed E-state index contributed by atoms with van der Waals surface area (Å²) in [5, 5.41) is 14.0. The summed E-state index contributed by atoms with van der Waals surface area (Å²) in [4.78, 5) is 24.1. The van der Waals surface area contributed by atoms with E-state index in [0.717, 1.165) is 0 Å². The van der Waals surface area contributed by atoms with Crippen LogP contribution < -0.4 is 5.32 Å². The SMILES string of the molecule is C[C@H](CN=[N+]=[N-])C(=O)N[C@H](C)C(=O)O. The van der Waals surface area contributed by atoms with Gasteiger partial charge in [0, 0.05) is 17.4 Å². The lowest BCUT2D eigenvalue weighted by molar-refractivity contribution is -0.141. The van der Waals surface area contributed by atoms with Crippen molar-refractivity contribution in [3.05, 3.63) is 10.4 Å². The standard InChI is InChI=1S/C7H12N4O3/c1-4(3-9-11-8)6(12)10-5(2)7(13)14/h4-5H,3H2,1-2H3,(H,10,12)(H,13,14)/t4-,5-/m1/s1. The molecule has 0 fully saturated rings. The van der Waals surface area contributed by atoms with Gasteiger partial charge in [-0.2, -0.15) is 0 Å². The van der Waals surface area contributed by atoms with Gasteiger partial charge in [-0.3, -0.25) is 9.59 Å². The largest absolute Gasteiger partial charge is 0.480 e. The number of carbonyl (C=O) groups is 2. The van der Waals surface area contributed by atoms with E-state index in [4.69, 9.17) is 10.6 Å². The van der Waals surface area contributed by atoms with Crippen molar-refractivity contribution in [2.45, 2.75) is 19.9 Å². The summed E-state index contributed by atoms with van der Waals surface area (Å²) in [7, 11) is 0. The van der Waals surface area contributed by atoms with Crippen LogP contribution in [0.25, 0.3) is 10.4 Å². The lowest BCUT2D eigenvalue weighted by atomic mass is 10.1. The van der Waals surface area contributed by atoms with Gasteiger partial charge in [-0.05, 0) is 12.5 Å². The molecule has 0 bridgehead atoms. The average molecular weight is 200 g/mol. The van der Waals surface area contributed by atoms with E-state index in [1.54, 1.807) is 6.92 Å². The molecule has 0 aliphatic rings. The third-order valence-electron chi connectivity index (χ3n) is 1.60. The molecule has 0 aromatic carbocycles. The molecular formula is C7H12N4O3. The first kappa shape index (κ1) is 12.2. The molecule has 0 heterocycles. The number of nitrogens with one attached hydrogen (secondary N) is 1. The summed E-state index contributed by atoms with van der Waals surface area (Å²) in [6.45, 7) is 2.94. The van der Waals surface area contributed by atoms with Crippen molar-refractivity contribution in [1.29, 1.82) is 0 Å². The highest BCUT2D eigenvalue weighted by Crippen LogP contribution is 1.97. The van der Waals surface area contributed by atoms with Crippen LogP contribution >= 0.6 is 0 Å². The van der Waals surface area contributed by atoms with Gasteiger partial charge in [-0.1, -0.05) is 12.0 Å². The zero-order valence-electron chi connectivity index (χ0n) is 7.97. The van der Waals surface area contributed by atoms with Crippen molar-refractivity contribution < 1.29 is 14.7 Å². The Balaban J connectivity index is 4.07. The number of hydrogen-bond donors (Lipinski definition) is 2. The van der Waals surface area contributed by atoms with Gasteiger partial charge in [0.2, 0.25) is 5.91 Å². The second kappa shape index (κ2) is 5.82. The number of carboxylic acids is 1. The normalized spacial score (nSPS) is 13.6. The Kier molecular flexibility index (Phi) is 5.09. The van der Waals surface area contributed by atoms with Crippen molar-refractivity contribution in [1.82, 2.24) is 5.32 Å². The molecule has 7 heteroatoms. The Bertz CT molecular complexity index is 272. The van der Waals surface area contributed by atoms with Crippen LogP contribution in [0, 0.1) is 5.92 Å². The topological polar surface area (TPSA) is 115 Å². The highest BCUT2D eigenvalue weighted by atomic mass is 16.4. The molecule has 0 saturated heterocycles. The van der Waals surface area contributed by atoms with Crippen LogP contribution in [0.4, 0.5) is 0 Å². The first-order chi connectivity index (χ1) is 6.49. The molecule has 78 valence electrons. The van der Waals surface area contributed by atoms with E-state index in [0.29, 0.717) is 0 Å². The zero-order valence-corrected chi connectivity index (χ0v) is 7.97. The van der Waals surface area contributed by atoms with E-state index >= 15 is 0 Å². The second-order valence-electron chi connectivity index (χ2n) is 2.88. The molecule has 2 atom stereocenters. The van der Waals surface area contributed by atoms with Gasteiger partial charge in [-0.15, -0.1) is 0 Å². The van der Waals surface area contributed by atoms with E-state index in [-0.39, 0.29) is 6.54 Å². The molecular weight excluding hydrogens is 188 g/mol. The van der Waals surface area contributed by atoms with Gasteiger partial charge >= 0.3 is 5.97 Å². The number of azide groups is 1.